The van der Waals surface area contributed by atoms with Gasteiger partial charge in [-0.05, 0) is 12.1 Å². The molecule has 0 amide bonds. The van der Waals surface area contributed by atoms with Gasteiger partial charge in [-0.25, -0.2) is 9.59 Å². The van der Waals surface area contributed by atoms with Crippen molar-refractivity contribution in [2.24, 2.45) is 5.73 Å². The predicted octanol–water partition coefficient (Wildman–Crippen LogP) is 0.715. The van der Waals surface area contributed by atoms with E-state index in [9.17, 15) is 13.2 Å². The Morgan fingerprint density at radius 2 is 1.78 bits per heavy atom. The largest absolute Gasteiger partial charge is 0.473 e. The van der Waals surface area contributed by atoms with E-state index in [0.29, 0.717) is 0 Å². The average Bonchev–Trinajstić information content (AvgIpc) is 2.28. The summed E-state index contributed by atoms with van der Waals surface area (Å²) in [6.45, 7) is -0.199. The van der Waals surface area contributed by atoms with Gasteiger partial charge in [0.05, 0.1) is 11.3 Å². The number of nitrogens with zero attached hydrogens (tertiary/aromatic N) is 1. The summed E-state index contributed by atoms with van der Waals surface area (Å²) in [5, 5.41) is 14.8. The zero-order valence-electron chi connectivity index (χ0n) is 8.81. The van der Waals surface area contributed by atoms with Crippen molar-refractivity contribution in [3.8, 4) is 0 Å². The monoisotopic (exact) mass is 266 g/mol. The second kappa shape index (κ2) is 6.55. The van der Waals surface area contributed by atoms with Gasteiger partial charge in [-0.3, -0.25) is 4.98 Å². The molecule has 6 nitrogen and oxygen atoms in total. The molecule has 0 radical (unpaired) electrons. The van der Waals surface area contributed by atoms with Crippen LogP contribution in [0.5, 0.6) is 0 Å². The van der Waals surface area contributed by atoms with E-state index in [0.717, 1.165) is 6.07 Å². The molecule has 0 aliphatic rings. The first-order valence-corrected chi connectivity index (χ1v) is 4.37. The Morgan fingerprint density at radius 3 is 2.06 bits per heavy atom. The first-order valence-electron chi connectivity index (χ1n) is 4.37. The molecule has 18 heavy (non-hydrogen) atoms. The topological polar surface area (TPSA) is 114 Å². The molecule has 0 aliphatic carbocycles. The third kappa shape index (κ3) is 5.25. The second-order valence-corrected chi connectivity index (χ2v) is 2.81. The molecule has 0 aromatic carbocycles. The number of aromatic nitrogens is 1. The van der Waals surface area contributed by atoms with Crippen LogP contribution in [0.2, 0.25) is 0 Å². The summed E-state index contributed by atoms with van der Waals surface area (Å²) in [5.74, 6) is -3.65. The van der Waals surface area contributed by atoms with Crippen LogP contribution in [0.1, 0.15) is 11.3 Å². The maximum Gasteiger partial charge on any atom is 0.418 e. The summed E-state index contributed by atoms with van der Waals surface area (Å²) in [6.07, 6.45) is -3.07. The number of halogens is 3. The van der Waals surface area contributed by atoms with Crippen LogP contribution in [0.4, 0.5) is 13.2 Å². The number of nitrogens with two attached hydrogens (primary N) is 1. The number of rotatable bonds is 1. The minimum Gasteiger partial charge on any atom is -0.473 e. The molecule has 0 unspecified atom stereocenters. The van der Waals surface area contributed by atoms with Crippen LogP contribution >= 0.6 is 0 Å². The van der Waals surface area contributed by atoms with Crippen molar-refractivity contribution in [3.05, 3.63) is 29.6 Å². The summed E-state index contributed by atoms with van der Waals surface area (Å²) in [4.78, 5) is 21.7. The van der Waals surface area contributed by atoms with Crippen LogP contribution in [-0.2, 0) is 22.3 Å². The van der Waals surface area contributed by atoms with Crippen molar-refractivity contribution in [2.75, 3.05) is 0 Å². The smallest absolute Gasteiger partial charge is 0.418 e. The Balaban J connectivity index is 0.000000411. The lowest BCUT2D eigenvalue weighted by molar-refractivity contribution is -0.159. The fourth-order valence-electron chi connectivity index (χ4n) is 0.859. The van der Waals surface area contributed by atoms with Crippen LogP contribution < -0.4 is 5.73 Å². The number of carboxylic acid groups (broad SMARTS) is 2. The SMILES string of the molecule is NCc1ncccc1C(F)(F)F.O=C(O)C(=O)O. The van der Waals surface area contributed by atoms with Crippen molar-refractivity contribution in [2.45, 2.75) is 12.7 Å². The molecule has 100 valence electrons. The van der Waals surface area contributed by atoms with E-state index < -0.39 is 23.7 Å². The van der Waals surface area contributed by atoms with Crippen molar-refractivity contribution < 1.29 is 33.0 Å². The van der Waals surface area contributed by atoms with Gasteiger partial charge in [0.25, 0.3) is 0 Å². The molecule has 0 saturated carbocycles. The number of hydrogen-bond donors (Lipinski definition) is 3. The van der Waals surface area contributed by atoms with Gasteiger partial charge in [0.15, 0.2) is 0 Å². The van der Waals surface area contributed by atoms with Crippen LogP contribution in [0, 0.1) is 0 Å². The number of carboxylic acids is 2. The third-order valence-electron chi connectivity index (χ3n) is 1.57. The summed E-state index contributed by atoms with van der Waals surface area (Å²) < 4.78 is 36.4. The van der Waals surface area contributed by atoms with Gasteiger partial charge in [-0.1, -0.05) is 0 Å². The van der Waals surface area contributed by atoms with Crippen molar-refractivity contribution in [3.63, 3.8) is 0 Å². The van der Waals surface area contributed by atoms with Crippen molar-refractivity contribution in [1.29, 1.82) is 0 Å². The number of aliphatic carboxylic acids is 2. The van der Waals surface area contributed by atoms with Crippen molar-refractivity contribution in [1.82, 2.24) is 4.98 Å². The molecular formula is C9H9F3N2O4. The Labute approximate surface area is 98.9 Å². The Morgan fingerprint density at radius 1 is 1.28 bits per heavy atom. The molecule has 4 N–H and O–H groups in total. The fourth-order valence-corrected chi connectivity index (χ4v) is 0.859. The lowest BCUT2D eigenvalue weighted by atomic mass is 10.2. The molecule has 9 heteroatoms. The summed E-state index contributed by atoms with van der Waals surface area (Å²) in [5.41, 5.74) is 4.21. The molecule has 0 saturated heterocycles. The fraction of sp³-hybridized carbons (Fsp3) is 0.222. The van der Waals surface area contributed by atoms with Gasteiger partial charge in [0.2, 0.25) is 0 Å². The van der Waals surface area contributed by atoms with Crippen molar-refractivity contribution >= 4 is 11.9 Å². The molecule has 0 bridgehead atoms. The molecule has 0 fully saturated rings. The minimum atomic E-state index is -4.36. The van der Waals surface area contributed by atoms with Gasteiger partial charge in [-0.2, -0.15) is 13.2 Å². The maximum atomic E-state index is 12.1. The zero-order valence-corrected chi connectivity index (χ0v) is 8.81. The number of pyridine rings is 1. The highest BCUT2D eigenvalue weighted by molar-refractivity contribution is 6.27. The molecule has 1 rings (SSSR count). The van der Waals surface area contributed by atoms with Crippen LogP contribution in [0.3, 0.4) is 0 Å². The van der Waals surface area contributed by atoms with E-state index in [1.165, 1.54) is 12.3 Å². The highest BCUT2D eigenvalue weighted by Gasteiger charge is 2.33. The normalized spacial score (nSPS) is 10.2. The number of carbonyl (C=O) groups is 2. The van der Waals surface area contributed by atoms with Gasteiger partial charge < -0.3 is 15.9 Å². The predicted molar refractivity (Wildman–Crippen MR) is 52.4 cm³/mol. The quantitative estimate of drug-likeness (QED) is 0.645. The highest BCUT2D eigenvalue weighted by Crippen LogP contribution is 2.30. The average molecular weight is 266 g/mol. The lowest BCUT2D eigenvalue weighted by Crippen LogP contribution is -2.13. The second-order valence-electron chi connectivity index (χ2n) is 2.81. The summed E-state index contributed by atoms with van der Waals surface area (Å²) in [6, 6.07) is 2.21. The first kappa shape index (κ1) is 15.8. The third-order valence-corrected chi connectivity index (χ3v) is 1.57. The van der Waals surface area contributed by atoms with Crippen LogP contribution in [-0.4, -0.2) is 27.1 Å². The van der Waals surface area contributed by atoms with Gasteiger partial charge >= 0.3 is 18.1 Å². The highest BCUT2D eigenvalue weighted by atomic mass is 19.4. The van der Waals surface area contributed by atoms with E-state index >= 15 is 0 Å². The molecule has 0 atom stereocenters. The van der Waals surface area contributed by atoms with E-state index in [2.05, 4.69) is 4.98 Å². The Kier molecular flexibility index (Phi) is 5.76. The molecule has 1 aromatic heterocycles. The number of alkyl halides is 3. The van der Waals surface area contributed by atoms with E-state index in [1.54, 1.807) is 0 Å². The van der Waals surface area contributed by atoms with E-state index in [-0.39, 0.29) is 12.2 Å². The molecule has 0 spiro atoms. The Bertz CT molecular complexity index is 422. The molecule has 1 aromatic rings. The van der Waals surface area contributed by atoms with E-state index in [1.807, 2.05) is 0 Å². The minimum absolute atomic E-state index is 0.120. The van der Waals surface area contributed by atoms with Gasteiger partial charge in [-0.15, -0.1) is 0 Å². The molecule has 1 heterocycles. The summed E-state index contributed by atoms with van der Waals surface area (Å²) in [7, 11) is 0. The zero-order chi connectivity index (χ0) is 14.3. The molecule has 0 aliphatic heterocycles. The summed E-state index contributed by atoms with van der Waals surface area (Å²) >= 11 is 0. The first-order chi connectivity index (χ1) is 8.20. The van der Waals surface area contributed by atoms with Gasteiger partial charge in [0.1, 0.15) is 0 Å². The van der Waals surface area contributed by atoms with Crippen LogP contribution in [0.25, 0.3) is 0 Å². The van der Waals surface area contributed by atoms with Crippen LogP contribution in [0.15, 0.2) is 18.3 Å². The number of hydrogen-bond acceptors (Lipinski definition) is 4. The van der Waals surface area contributed by atoms with Gasteiger partial charge in [0, 0.05) is 12.7 Å². The van der Waals surface area contributed by atoms with E-state index in [4.69, 9.17) is 25.5 Å². The maximum absolute atomic E-state index is 12.1. The lowest BCUT2D eigenvalue weighted by Gasteiger charge is -2.09. The standard InChI is InChI=1S/C7H7F3N2.C2H2O4/c8-7(9,10)5-2-1-3-12-6(5)4-11;3-1(4)2(5)6/h1-3H,4,11H2;(H,3,4)(H,5,6). The Hall–Kier alpha value is -2.16. The molecular weight excluding hydrogens is 257 g/mol.